The molecule has 0 aliphatic carbocycles. The molecule has 4 N–H and O–H groups in total. The van der Waals surface area contributed by atoms with Crippen LogP contribution in [0.15, 0.2) is 22.7 Å². The molecule has 0 spiro atoms. The number of nitrogens with one attached hydrogen (secondary N) is 1. The summed E-state index contributed by atoms with van der Waals surface area (Å²) >= 11 is 3.38. The molecule has 0 saturated heterocycles. The van der Waals surface area contributed by atoms with E-state index in [0.29, 0.717) is 6.42 Å². The Balaban J connectivity index is 2.70. The van der Waals surface area contributed by atoms with Crippen LogP contribution in [0.3, 0.4) is 0 Å². The van der Waals surface area contributed by atoms with Gasteiger partial charge in [0.05, 0.1) is 11.4 Å². The second kappa shape index (κ2) is 5.22. The van der Waals surface area contributed by atoms with Crippen molar-refractivity contribution in [2.24, 2.45) is 0 Å². The van der Waals surface area contributed by atoms with E-state index >= 15 is 0 Å². The van der Waals surface area contributed by atoms with Crippen molar-refractivity contribution in [2.45, 2.75) is 19.4 Å². The lowest BCUT2D eigenvalue weighted by molar-refractivity contribution is 0.282. The summed E-state index contributed by atoms with van der Waals surface area (Å²) in [4.78, 5) is 0. The lowest BCUT2D eigenvalue weighted by atomic mass is 10.2. The van der Waals surface area contributed by atoms with Gasteiger partial charge < -0.3 is 16.2 Å². The van der Waals surface area contributed by atoms with Crippen LogP contribution in [0.4, 0.5) is 11.4 Å². The van der Waals surface area contributed by atoms with Crippen LogP contribution in [-0.4, -0.2) is 17.8 Å². The molecule has 0 saturated carbocycles. The molecule has 0 aliphatic heterocycles. The van der Waals surface area contributed by atoms with Gasteiger partial charge in [-0.15, -0.1) is 0 Å². The van der Waals surface area contributed by atoms with E-state index in [1.165, 1.54) is 0 Å². The molecular weight excluding hydrogens is 244 g/mol. The van der Waals surface area contributed by atoms with Crippen LogP contribution < -0.4 is 11.1 Å². The second-order valence-corrected chi connectivity index (χ2v) is 4.20. The lowest BCUT2D eigenvalue weighted by Gasteiger charge is -2.15. The number of anilines is 2. The molecule has 1 aromatic rings. The molecule has 1 unspecified atom stereocenters. The summed E-state index contributed by atoms with van der Waals surface area (Å²) in [6.45, 7) is 2.19. The Hall–Kier alpha value is -0.740. The van der Waals surface area contributed by atoms with Crippen LogP contribution in [0.5, 0.6) is 0 Å². The summed E-state index contributed by atoms with van der Waals surface area (Å²) in [5.41, 5.74) is 7.41. The molecule has 0 bridgehead atoms. The molecule has 0 aliphatic rings. The van der Waals surface area contributed by atoms with Gasteiger partial charge in [0.15, 0.2) is 0 Å². The Morgan fingerprint density at radius 3 is 2.93 bits per heavy atom. The minimum absolute atomic E-state index is 0.183. The fourth-order valence-corrected chi connectivity index (χ4v) is 1.55. The molecule has 14 heavy (non-hydrogen) atoms. The van der Waals surface area contributed by atoms with E-state index < -0.39 is 0 Å². The summed E-state index contributed by atoms with van der Waals surface area (Å²) in [6, 6.07) is 5.90. The van der Waals surface area contributed by atoms with Gasteiger partial charge in [0, 0.05) is 17.1 Å². The summed E-state index contributed by atoms with van der Waals surface area (Å²) in [5.74, 6) is 0. The van der Waals surface area contributed by atoms with Crippen molar-refractivity contribution < 1.29 is 5.11 Å². The summed E-state index contributed by atoms with van der Waals surface area (Å²) < 4.78 is 0.991. The molecule has 0 fully saturated rings. The number of nitrogen functional groups attached to an aromatic ring is 1. The zero-order valence-corrected chi connectivity index (χ0v) is 9.71. The second-order valence-electron chi connectivity index (χ2n) is 3.29. The standard InChI is InChI=1S/C10H15BrN2O/c1-7(4-5-14)13-10-6-8(11)2-3-9(10)12/h2-3,6-7,13-14H,4-5,12H2,1H3. The maximum absolute atomic E-state index is 8.76. The number of rotatable bonds is 4. The lowest BCUT2D eigenvalue weighted by Crippen LogP contribution is -2.17. The van der Waals surface area contributed by atoms with Gasteiger partial charge in [0.25, 0.3) is 0 Å². The molecule has 1 rings (SSSR count). The van der Waals surface area contributed by atoms with Crippen LogP contribution in [0.25, 0.3) is 0 Å². The predicted molar refractivity (Wildman–Crippen MR) is 63.3 cm³/mol. The van der Waals surface area contributed by atoms with E-state index in [1.807, 2.05) is 25.1 Å². The number of aliphatic hydroxyl groups is 1. The van der Waals surface area contributed by atoms with Gasteiger partial charge in [-0.25, -0.2) is 0 Å². The highest BCUT2D eigenvalue weighted by atomic mass is 79.9. The van der Waals surface area contributed by atoms with E-state index in [1.54, 1.807) is 0 Å². The molecule has 1 atom stereocenters. The van der Waals surface area contributed by atoms with Crippen LogP contribution in [0, 0.1) is 0 Å². The number of benzene rings is 1. The van der Waals surface area contributed by atoms with Gasteiger partial charge in [0.1, 0.15) is 0 Å². The highest BCUT2D eigenvalue weighted by molar-refractivity contribution is 9.10. The molecule has 78 valence electrons. The molecule has 0 aromatic heterocycles. The van der Waals surface area contributed by atoms with E-state index in [2.05, 4.69) is 21.2 Å². The third-order valence-corrected chi connectivity index (χ3v) is 2.47. The zero-order chi connectivity index (χ0) is 10.6. The van der Waals surface area contributed by atoms with Crippen molar-refractivity contribution in [2.75, 3.05) is 17.7 Å². The smallest absolute Gasteiger partial charge is 0.0587 e. The highest BCUT2D eigenvalue weighted by Gasteiger charge is 2.04. The largest absolute Gasteiger partial charge is 0.397 e. The van der Waals surface area contributed by atoms with Crippen molar-refractivity contribution in [1.29, 1.82) is 0 Å². The van der Waals surface area contributed by atoms with Gasteiger partial charge in [-0.05, 0) is 31.5 Å². The third-order valence-electron chi connectivity index (χ3n) is 1.98. The molecule has 4 heteroatoms. The SMILES string of the molecule is CC(CCO)Nc1cc(Br)ccc1N. The van der Waals surface area contributed by atoms with E-state index in [0.717, 1.165) is 15.8 Å². The first-order valence-corrected chi connectivity index (χ1v) is 5.35. The first-order chi connectivity index (χ1) is 6.63. The van der Waals surface area contributed by atoms with Gasteiger partial charge in [-0.2, -0.15) is 0 Å². The third kappa shape index (κ3) is 3.20. The summed E-state index contributed by atoms with van der Waals surface area (Å²) in [7, 11) is 0. The molecular formula is C10H15BrN2O. The quantitative estimate of drug-likeness (QED) is 0.726. The van der Waals surface area contributed by atoms with E-state index in [4.69, 9.17) is 10.8 Å². The first kappa shape index (κ1) is 11.3. The monoisotopic (exact) mass is 258 g/mol. The van der Waals surface area contributed by atoms with Crippen molar-refractivity contribution >= 4 is 27.3 Å². The van der Waals surface area contributed by atoms with Crippen LogP contribution >= 0.6 is 15.9 Å². The van der Waals surface area contributed by atoms with Gasteiger partial charge in [-0.3, -0.25) is 0 Å². The van der Waals surface area contributed by atoms with Crippen molar-refractivity contribution in [3.05, 3.63) is 22.7 Å². The fraction of sp³-hybridized carbons (Fsp3) is 0.400. The maximum Gasteiger partial charge on any atom is 0.0587 e. The Bertz CT molecular complexity index is 304. The van der Waals surface area contributed by atoms with Gasteiger partial charge in [-0.1, -0.05) is 15.9 Å². The first-order valence-electron chi connectivity index (χ1n) is 4.56. The Morgan fingerprint density at radius 2 is 2.29 bits per heavy atom. The minimum atomic E-state index is 0.183. The van der Waals surface area contributed by atoms with Gasteiger partial charge in [0.2, 0.25) is 0 Å². The van der Waals surface area contributed by atoms with Crippen molar-refractivity contribution in [1.82, 2.24) is 0 Å². The van der Waals surface area contributed by atoms with Crippen LogP contribution in [0.1, 0.15) is 13.3 Å². The number of hydrogen-bond donors (Lipinski definition) is 3. The summed E-state index contributed by atoms with van der Waals surface area (Å²) in [5, 5.41) is 12.0. The van der Waals surface area contributed by atoms with Crippen molar-refractivity contribution in [3.63, 3.8) is 0 Å². The number of nitrogens with two attached hydrogens (primary N) is 1. The maximum atomic E-state index is 8.76. The normalized spacial score (nSPS) is 12.5. The van der Waals surface area contributed by atoms with E-state index in [-0.39, 0.29) is 12.6 Å². The number of hydrogen-bond acceptors (Lipinski definition) is 3. The summed E-state index contributed by atoms with van der Waals surface area (Å²) in [6.07, 6.45) is 0.714. The topological polar surface area (TPSA) is 58.3 Å². The highest BCUT2D eigenvalue weighted by Crippen LogP contribution is 2.24. The predicted octanol–water partition coefficient (Wildman–Crippen LogP) is 2.21. The number of aliphatic hydroxyl groups excluding tert-OH is 1. The molecule has 0 radical (unpaired) electrons. The average Bonchev–Trinajstić information content (AvgIpc) is 2.12. The molecule has 0 amide bonds. The van der Waals surface area contributed by atoms with Crippen LogP contribution in [0.2, 0.25) is 0 Å². The minimum Gasteiger partial charge on any atom is -0.397 e. The zero-order valence-electron chi connectivity index (χ0n) is 8.13. The Morgan fingerprint density at radius 1 is 1.57 bits per heavy atom. The van der Waals surface area contributed by atoms with Gasteiger partial charge >= 0.3 is 0 Å². The fourth-order valence-electron chi connectivity index (χ4n) is 1.18. The van der Waals surface area contributed by atoms with Crippen molar-refractivity contribution in [3.8, 4) is 0 Å². The molecule has 1 aromatic carbocycles. The van der Waals surface area contributed by atoms with Crippen LogP contribution in [-0.2, 0) is 0 Å². The van der Waals surface area contributed by atoms with E-state index in [9.17, 15) is 0 Å². The average molecular weight is 259 g/mol. The number of halogens is 1. The Kier molecular flexibility index (Phi) is 4.22. The molecule has 0 heterocycles. The molecule has 3 nitrogen and oxygen atoms in total. The Labute approximate surface area is 92.4 Å².